The van der Waals surface area contributed by atoms with E-state index < -0.39 is 0 Å². The van der Waals surface area contributed by atoms with Crippen molar-refractivity contribution in [3.8, 4) is 0 Å². The number of nitrogens with zero attached hydrogens (tertiary/aromatic N) is 2. The van der Waals surface area contributed by atoms with E-state index in [4.69, 9.17) is 5.73 Å². The summed E-state index contributed by atoms with van der Waals surface area (Å²) in [5.74, 6) is 0.311. The van der Waals surface area contributed by atoms with Crippen molar-refractivity contribution in [3.63, 3.8) is 0 Å². The van der Waals surface area contributed by atoms with Gasteiger partial charge in [-0.15, -0.1) is 11.3 Å². The van der Waals surface area contributed by atoms with Gasteiger partial charge in [0.25, 0.3) is 0 Å². The molecule has 0 aromatic carbocycles. The molecule has 0 radical (unpaired) electrons. The van der Waals surface area contributed by atoms with Gasteiger partial charge in [-0.2, -0.15) is 0 Å². The van der Waals surface area contributed by atoms with Crippen LogP contribution in [0.1, 0.15) is 35.2 Å². The van der Waals surface area contributed by atoms with Crippen molar-refractivity contribution >= 4 is 21.6 Å². The van der Waals surface area contributed by atoms with Crippen LogP contribution < -0.4 is 5.73 Å². The monoisotopic (exact) mass is 281 g/mol. The molecular formula is C16H15N3S. The van der Waals surface area contributed by atoms with Gasteiger partial charge in [0.1, 0.15) is 0 Å². The van der Waals surface area contributed by atoms with Gasteiger partial charge in [0.15, 0.2) is 0 Å². The molecule has 0 fully saturated rings. The molecule has 1 aliphatic carbocycles. The molecule has 4 heteroatoms. The molecule has 0 spiro atoms. The first-order valence-electron chi connectivity index (χ1n) is 6.85. The molecule has 0 amide bonds. The zero-order valence-corrected chi connectivity index (χ0v) is 11.8. The molecule has 2 unspecified atom stereocenters. The first-order valence-corrected chi connectivity index (χ1v) is 7.73. The molecule has 0 saturated heterocycles. The van der Waals surface area contributed by atoms with Gasteiger partial charge >= 0.3 is 0 Å². The highest BCUT2D eigenvalue weighted by molar-refractivity contribution is 7.17. The number of thiophene rings is 1. The lowest BCUT2D eigenvalue weighted by Gasteiger charge is -2.19. The first-order chi connectivity index (χ1) is 9.83. The van der Waals surface area contributed by atoms with E-state index >= 15 is 0 Å². The van der Waals surface area contributed by atoms with Crippen molar-refractivity contribution in [1.82, 2.24) is 9.97 Å². The predicted molar refractivity (Wildman–Crippen MR) is 81.8 cm³/mol. The van der Waals surface area contributed by atoms with E-state index in [1.807, 2.05) is 24.5 Å². The summed E-state index contributed by atoms with van der Waals surface area (Å²) in [6.45, 7) is 0. The Morgan fingerprint density at radius 2 is 2.25 bits per heavy atom. The molecule has 3 heterocycles. The van der Waals surface area contributed by atoms with Crippen molar-refractivity contribution in [2.75, 3.05) is 0 Å². The normalized spacial score (nSPS) is 19.1. The van der Waals surface area contributed by atoms with E-state index in [0.717, 1.165) is 23.9 Å². The van der Waals surface area contributed by atoms with Crippen molar-refractivity contribution in [2.45, 2.75) is 24.8 Å². The van der Waals surface area contributed by atoms with E-state index in [2.05, 4.69) is 27.5 Å². The Labute approximate surface area is 121 Å². The fourth-order valence-electron chi connectivity index (χ4n) is 3.07. The second kappa shape index (κ2) is 4.65. The van der Waals surface area contributed by atoms with Crippen LogP contribution in [0.3, 0.4) is 0 Å². The average Bonchev–Trinajstić information content (AvgIpc) is 3.12. The van der Waals surface area contributed by atoms with Gasteiger partial charge in [-0.25, -0.2) is 0 Å². The Hall–Kier alpha value is -1.78. The van der Waals surface area contributed by atoms with Gasteiger partial charge in [0, 0.05) is 30.0 Å². The fourth-order valence-corrected chi connectivity index (χ4v) is 3.86. The van der Waals surface area contributed by atoms with Gasteiger partial charge in [0.05, 0.1) is 10.2 Å². The number of aryl methyl sites for hydroxylation is 1. The van der Waals surface area contributed by atoms with Crippen molar-refractivity contribution in [2.24, 2.45) is 5.73 Å². The van der Waals surface area contributed by atoms with E-state index in [-0.39, 0.29) is 6.04 Å². The molecule has 3 aromatic rings. The lowest BCUT2D eigenvalue weighted by Crippen LogP contribution is -2.19. The van der Waals surface area contributed by atoms with Gasteiger partial charge in [0.2, 0.25) is 0 Å². The van der Waals surface area contributed by atoms with Crippen molar-refractivity contribution < 1.29 is 0 Å². The van der Waals surface area contributed by atoms with Crippen LogP contribution >= 0.6 is 11.3 Å². The Kier molecular flexibility index (Phi) is 2.79. The van der Waals surface area contributed by atoms with Crippen LogP contribution in [-0.2, 0) is 6.42 Å². The molecule has 20 heavy (non-hydrogen) atoms. The minimum absolute atomic E-state index is 0.0230. The Bertz CT molecular complexity index is 765. The quantitative estimate of drug-likeness (QED) is 0.783. The third kappa shape index (κ3) is 1.84. The van der Waals surface area contributed by atoms with Crippen LogP contribution in [0.25, 0.3) is 10.2 Å². The summed E-state index contributed by atoms with van der Waals surface area (Å²) in [5, 5.41) is 2.07. The summed E-state index contributed by atoms with van der Waals surface area (Å²) in [5.41, 5.74) is 11.2. The Morgan fingerprint density at radius 3 is 3.20 bits per heavy atom. The van der Waals surface area contributed by atoms with Crippen molar-refractivity contribution in [1.29, 1.82) is 0 Å². The summed E-state index contributed by atoms with van der Waals surface area (Å²) < 4.78 is 1.21. The highest BCUT2D eigenvalue weighted by Crippen LogP contribution is 2.39. The number of fused-ring (bicyclic) bond motifs is 2. The zero-order valence-electron chi connectivity index (χ0n) is 11.0. The van der Waals surface area contributed by atoms with Crippen LogP contribution in [0.15, 0.2) is 42.0 Å². The van der Waals surface area contributed by atoms with Crippen LogP contribution in [0.5, 0.6) is 0 Å². The maximum Gasteiger partial charge on any atom is 0.0809 e. The summed E-state index contributed by atoms with van der Waals surface area (Å²) in [4.78, 5) is 9.04. The molecule has 100 valence electrons. The second-order valence-electron chi connectivity index (χ2n) is 5.29. The average molecular weight is 281 g/mol. The van der Waals surface area contributed by atoms with E-state index in [9.17, 15) is 0 Å². The van der Waals surface area contributed by atoms with E-state index in [1.165, 1.54) is 16.0 Å². The Balaban J connectivity index is 1.72. The summed E-state index contributed by atoms with van der Waals surface area (Å²) in [7, 11) is 0. The molecule has 2 atom stereocenters. The summed E-state index contributed by atoms with van der Waals surface area (Å²) >= 11 is 1.71. The Morgan fingerprint density at radius 1 is 1.30 bits per heavy atom. The lowest BCUT2D eigenvalue weighted by molar-refractivity contribution is 0.540. The summed E-state index contributed by atoms with van der Waals surface area (Å²) in [6.07, 6.45) is 5.94. The SMILES string of the molecule is NC(c1cnc2ccsc2c1)C1CCc2cccnc21. The number of hydrogen-bond acceptors (Lipinski definition) is 4. The highest BCUT2D eigenvalue weighted by atomic mass is 32.1. The first kappa shape index (κ1) is 12.0. The smallest absolute Gasteiger partial charge is 0.0809 e. The molecule has 3 aromatic heterocycles. The third-order valence-corrected chi connectivity index (χ3v) is 5.00. The molecule has 0 saturated carbocycles. The molecule has 1 aliphatic rings. The third-order valence-electron chi connectivity index (χ3n) is 4.14. The standard InChI is InChI=1S/C16H15N3S/c17-15(11-8-14-13(19-9-11)5-7-20-14)12-4-3-10-2-1-6-18-16(10)12/h1-2,5-9,12,15H,3-4,17H2. The van der Waals surface area contributed by atoms with E-state index in [1.54, 1.807) is 11.3 Å². The van der Waals surface area contributed by atoms with Crippen LogP contribution in [0.2, 0.25) is 0 Å². The fraction of sp³-hybridized carbons (Fsp3) is 0.250. The molecule has 3 nitrogen and oxygen atoms in total. The summed E-state index contributed by atoms with van der Waals surface area (Å²) in [6, 6.07) is 8.37. The van der Waals surface area contributed by atoms with Gasteiger partial charge in [-0.1, -0.05) is 6.07 Å². The van der Waals surface area contributed by atoms with Crippen molar-refractivity contribution in [3.05, 3.63) is 58.9 Å². The number of pyridine rings is 2. The number of aromatic nitrogens is 2. The molecular weight excluding hydrogens is 266 g/mol. The minimum atomic E-state index is -0.0230. The number of nitrogens with two attached hydrogens (primary N) is 1. The van der Waals surface area contributed by atoms with Crippen LogP contribution in [0.4, 0.5) is 0 Å². The van der Waals surface area contributed by atoms with E-state index in [0.29, 0.717) is 5.92 Å². The molecule has 0 aliphatic heterocycles. The molecule has 0 bridgehead atoms. The number of rotatable bonds is 2. The maximum absolute atomic E-state index is 6.50. The predicted octanol–water partition coefficient (Wildman–Crippen LogP) is 3.42. The lowest BCUT2D eigenvalue weighted by atomic mass is 9.92. The van der Waals surface area contributed by atoms with Gasteiger partial charge in [-0.3, -0.25) is 9.97 Å². The maximum atomic E-state index is 6.50. The zero-order chi connectivity index (χ0) is 13.5. The second-order valence-corrected chi connectivity index (χ2v) is 6.24. The van der Waals surface area contributed by atoms with Crippen LogP contribution in [-0.4, -0.2) is 9.97 Å². The molecule has 2 N–H and O–H groups in total. The minimum Gasteiger partial charge on any atom is -0.323 e. The van der Waals surface area contributed by atoms with Crippen LogP contribution in [0, 0.1) is 0 Å². The largest absolute Gasteiger partial charge is 0.323 e. The topological polar surface area (TPSA) is 51.8 Å². The van der Waals surface area contributed by atoms with Gasteiger partial charge in [-0.05, 0) is 47.5 Å². The number of hydrogen-bond donors (Lipinski definition) is 1. The molecule has 4 rings (SSSR count). The van der Waals surface area contributed by atoms with Gasteiger partial charge < -0.3 is 5.73 Å². The highest BCUT2D eigenvalue weighted by Gasteiger charge is 2.29.